The summed E-state index contributed by atoms with van der Waals surface area (Å²) in [7, 11) is 1.51. The highest BCUT2D eigenvalue weighted by Crippen LogP contribution is 2.21. The molecule has 0 bridgehead atoms. The Morgan fingerprint density at radius 1 is 1.43 bits per heavy atom. The van der Waals surface area contributed by atoms with Crippen LogP contribution in [0.15, 0.2) is 42.6 Å². The topological polar surface area (TPSA) is 118 Å². The van der Waals surface area contributed by atoms with E-state index in [1.807, 2.05) is 0 Å². The van der Waals surface area contributed by atoms with Crippen LogP contribution in [0.25, 0.3) is 0 Å². The van der Waals surface area contributed by atoms with Crippen molar-refractivity contribution in [3.8, 4) is 5.75 Å². The van der Waals surface area contributed by atoms with Gasteiger partial charge in [-0.1, -0.05) is 6.07 Å². The molecule has 8 nitrogen and oxygen atoms in total. The van der Waals surface area contributed by atoms with Gasteiger partial charge in [0.05, 0.1) is 18.9 Å². The molecule has 0 spiro atoms. The lowest BCUT2D eigenvalue weighted by Crippen LogP contribution is -2.67. The zero-order valence-corrected chi connectivity index (χ0v) is 15.6. The zero-order chi connectivity index (χ0) is 20.7. The van der Waals surface area contributed by atoms with Crippen LogP contribution >= 0.6 is 0 Å². The molecule has 1 aromatic heterocycles. The summed E-state index contributed by atoms with van der Waals surface area (Å²) >= 11 is 0. The lowest BCUT2D eigenvalue weighted by Gasteiger charge is -2.39. The van der Waals surface area contributed by atoms with Gasteiger partial charge in [0.1, 0.15) is 23.3 Å². The van der Waals surface area contributed by atoms with Crippen molar-refractivity contribution in [1.29, 1.82) is 0 Å². The zero-order valence-electron chi connectivity index (χ0n) is 15.6. The van der Waals surface area contributed by atoms with Crippen molar-refractivity contribution in [2.45, 2.75) is 31.9 Å². The largest absolute Gasteiger partial charge is 0.497 e. The molecule has 4 N–H and O–H groups in total. The van der Waals surface area contributed by atoms with Crippen LogP contribution in [0.1, 0.15) is 30.3 Å². The fourth-order valence-electron chi connectivity index (χ4n) is 2.45. The van der Waals surface area contributed by atoms with Gasteiger partial charge < -0.3 is 15.6 Å². The number of anilines is 1. The first-order chi connectivity index (χ1) is 13.3. The molecule has 2 heterocycles. The van der Waals surface area contributed by atoms with E-state index in [2.05, 4.69) is 10.4 Å². The van der Waals surface area contributed by atoms with Crippen LogP contribution < -0.4 is 20.9 Å². The fourth-order valence-corrected chi connectivity index (χ4v) is 2.45. The summed E-state index contributed by atoms with van der Waals surface area (Å²) in [5.74, 6) is -0.452. The van der Waals surface area contributed by atoms with Crippen LogP contribution in [0.2, 0.25) is 0 Å². The lowest BCUT2D eigenvalue weighted by molar-refractivity contribution is -0.127. The van der Waals surface area contributed by atoms with Gasteiger partial charge in [0.25, 0.3) is 11.8 Å². The van der Waals surface area contributed by atoms with E-state index in [0.29, 0.717) is 24.3 Å². The first-order valence-corrected chi connectivity index (χ1v) is 8.65. The van der Waals surface area contributed by atoms with Crippen molar-refractivity contribution in [3.63, 3.8) is 0 Å². The van der Waals surface area contributed by atoms with Crippen molar-refractivity contribution in [2.75, 3.05) is 12.1 Å². The molecule has 1 saturated heterocycles. The second kappa shape index (κ2) is 9.77. The number of hydrogen-bond donors (Lipinski definition) is 3. The van der Waals surface area contributed by atoms with Crippen LogP contribution in [-0.2, 0) is 4.79 Å². The summed E-state index contributed by atoms with van der Waals surface area (Å²) in [5.41, 5.74) is 8.73. The first kappa shape index (κ1) is 21.3. The molecule has 1 aliphatic heterocycles. The lowest BCUT2D eigenvalue weighted by atomic mass is 10.1. The summed E-state index contributed by atoms with van der Waals surface area (Å²) in [4.78, 5) is 26.7. The number of pyridine rings is 1. The Balaban J connectivity index is 0.000000261. The molecule has 0 radical (unpaired) electrons. The Morgan fingerprint density at radius 2 is 2.18 bits per heavy atom. The molecule has 28 heavy (non-hydrogen) atoms. The summed E-state index contributed by atoms with van der Waals surface area (Å²) in [6, 6.07) is 8.79. The number of aliphatic hydroxyl groups excluding tert-OH is 1. The minimum Gasteiger partial charge on any atom is -0.497 e. The van der Waals surface area contributed by atoms with Crippen molar-refractivity contribution < 1.29 is 23.8 Å². The molecule has 0 saturated carbocycles. The third-order valence-corrected chi connectivity index (χ3v) is 3.96. The minimum absolute atomic E-state index is 0.0951. The Labute approximate surface area is 162 Å². The number of aromatic nitrogens is 1. The Bertz CT molecular complexity index is 831. The first-order valence-electron chi connectivity index (χ1n) is 8.65. The van der Waals surface area contributed by atoms with E-state index in [1.54, 1.807) is 25.1 Å². The molecule has 2 atom stereocenters. The highest BCUT2D eigenvalue weighted by Gasteiger charge is 2.37. The fraction of sp³-hybridized carbons (Fsp3) is 0.316. The molecule has 1 aromatic carbocycles. The SMILES string of the molecule is CC(O)CCC1NN(c2ccnc(C(N)=O)c2)C1=O.COc1cccc(F)c1. The molecule has 2 amide bonds. The summed E-state index contributed by atoms with van der Waals surface area (Å²) < 4.78 is 17.0. The van der Waals surface area contributed by atoms with Crippen molar-refractivity contribution in [3.05, 3.63) is 54.1 Å². The van der Waals surface area contributed by atoms with Gasteiger partial charge in [0.15, 0.2) is 0 Å². The Morgan fingerprint density at radius 3 is 2.71 bits per heavy atom. The van der Waals surface area contributed by atoms with Crippen LogP contribution in [0.5, 0.6) is 5.75 Å². The van der Waals surface area contributed by atoms with E-state index >= 15 is 0 Å². The molecule has 0 aliphatic carbocycles. The number of ether oxygens (including phenoxy) is 1. The van der Waals surface area contributed by atoms with Gasteiger partial charge in [-0.3, -0.25) is 14.6 Å². The maximum atomic E-state index is 12.3. The molecular weight excluding hydrogens is 367 g/mol. The number of nitrogens with zero attached hydrogens (tertiary/aromatic N) is 2. The van der Waals surface area contributed by atoms with Gasteiger partial charge in [0, 0.05) is 12.3 Å². The summed E-state index contributed by atoms with van der Waals surface area (Å²) in [6.45, 7) is 1.68. The van der Waals surface area contributed by atoms with Gasteiger partial charge in [-0.05, 0) is 44.0 Å². The van der Waals surface area contributed by atoms with Crippen molar-refractivity contribution in [2.24, 2.45) is 5.73 Å². The summed E-state index contributed by atoms with van der Waals surface area (Å²) in [5, 5.41) is 10.5. The number of rotatable bonds is 6. The number of benzene rings is 1. The third kappa shape index (κ3) is 5.73. The number of nitrogens with two attached hydrogens (primary N) is 1. The Hall–Kier alpha value is -3.04. The van der Waals surface area contributed by atoms with E-state index < -0.39 is 12.0 Å². The third-order valence-electron chi connectivity index (χ3n) is 3.96. The average molecular weight is 390 g/mol. The van der Waals surface area contributed by atoms with Crippen LogP contribution in [-0.4, -0.2) is 41.2 Å². The van der Waals surface area contributed by atoms with Gasteiger partial charge in [0.2, 0.25) is 0 Å². The second-order valence-electron chi connectivity index (χ2n) is 6.21. The molecule has 2 unspecified atom stereocenters. The van der Waals surface area contributed by atoms with E-state index in [4.69, 9.17) is 10.5 Å². The number of hydrazine groups is 1. The van der Waals surface area contributed by atoms with E-state index in [9.17, 15) is 19.1 Å². The average Bonchev–Trinajstić information content (AvgIpc) is 2.67. The van der Waals surface area contributed by atoms with E-state index in [-0.39, 0.29) is 23.5 Å². The monoisotopic (exact) mass is 390 g/mol. The number of primary amides is 1. The Kier molecular flexibility index (Phi) is 7.42. The summed E-state index contributed by atoms with van der Waals surface area (Å²) in [6.07, 6.45) is 2.13. The molecule has 3 rings (SSSR count). The number of carbonyl (C=O) groups excluding carboxylic acids is 2. The predicted octanol–water partition coefficient (Wildman–Crippen LogP) is 1.40. The van der Waals surface area contributed by atoms with E-state index in [0.717, 1.165) is 0 Å². The highest BCUT2D eigenvalue weighted by molar-refractivity contribution is 6.02. The number of nitrogens with one attached hydrogen (secondary N) is 1. The van der Waals surface area contributed by atoms with E-state index in [1.165, 1.54) is 36.5 Å². The highest BCUT2D eigenvalue weighted by atomic mass is 19.1. The number of hydrogen-bond acceptors (Lipinski definition) is 6. The molecule has 9 heteroatoms. The van der Waals surface area contributed by atoms with Crippen molar-refractivity contribution >= 4 is 17.5 Å². The minimum atomic E-state index is -0.638. The van der Waals surface area contributed by atoms with Crippen molar-refractivity contribution in [1.82, 2.24) is 10.4 Å². The number of aliphatic hydroxyl groups is 1. The van der Waals surface area contributed by atoms with Gasteiger partial charge in [-0.2, -0.15) is 0 Å². The molecule has 2 aromatic rings. The second-order valence-corrected chi connectivity index (χ2v) is 6.21. The van der Waals surface area contributed by atoms with Gasteiger partial charge >= 0.3 is 0 Å². The smallest absolute Gasteiger partial charge is 0.267 e. The molecule has 1 aliphatic rings. The quantitative estimate of drug-likeness (QED) is 0.686. The standard InChI is InChI=1S/C12H16N4O3.C7H7FO/c1-7(17)2-3-9-12(19)16(15-9)8-4-5-14-10(6-8)11(13)18;1-9-7-4-2-3-6(8)5-7/h4-7,9,15,17H,2-3H2,1H3,(H2,13,18);2-5H,1H3. The van der Waals surface area contributed by atoms with Gasteiger partial charge in [-0.15, -0.1) is 0 Å². The normalized spacial score (nSPS) is 16.5. The number of carbonyl (C=O) groups is 2. The number of methoxy groups -OCH3 is 1. The number of amides is 2. The molecular formula is C19H23FN4O4. The number of halogens is 1. The maximum Gasteiger partial charge on any atom is 0.267 e. The molecule has 1 fully saturated rings. The maximum absolute atomic E-state index is 12.3. The van der Waals surface area contributed by atoms with Crippen LogP contribution in [0, 0.1) is 5.82 Å². The van der Waals surface area contributed by atoms with Gasteiger partial charge in [-0.25, -0.2) is 14.8 Å². The van der Waals surface area contributed by atoms with Crippen LogP contribution in [0.4, 0.5) is 10.1 Å². The predicted molar refractivity (Wildman–Crippen MR) is 101 cm³/mol. The molecule has 150 valence electrons. The van der Waals surface area contributed by atoms with Crippen LogP contribution in [0.3, 0.4) is 0 Å².